The van der Waals surface area contributed by atoms with Crippen LogP contribution in [0.5, 0.6) is 0 Å². The smallest absolute Gasteiger partial charge is 0.0304 e. The molecule has 2 unspecified atom stereocenters. The van der Waals surface area contributed by atoms with Crippen molar-refractivity contribution in [3.8, 4) is 0 Å². The van der Waals surface area contributed by atoms with Crippen LogP contribution in [-0.2, 0) is 0 Å². The van der Waals surface area contributed by atoms with Crippen LogP contribution >= 0.6 is 0 Å². The molecule has 0 bridgehead atoms. The van der Waals surface area contributed by atoms with Crippen molar-refractivity contribution in [1.82, 2.24) is 5.32 Å². The molecule has 0 aromatic carbocycles. The molecule has 122 valence electrons. The fourth-order valence-corrected chi connectivity index (χ4v) is 4.73. The first-order chi connectivity index (χ1) is 10.3. The highest BCUT2D eigenvalue weighted by atomic mass is 15.0. The molecular weight excluding hydrogens is 256 g/mol. The van der Waals surface area contributed by atoms with Crippen LogP contribution in [0.3, 0.4) is 0 Å². The average Bonchev–Trinajstić information content (AvgIpc) is 3.36. The van der Waals surface area contributed by atoms with Gasteiger partial charge in [-0.1, -0.05) is 32.6 Å². The summed E-state index contributed by atoms with van der Waals surface area (Å²) in [6.45, 7) is 4.42. The van der Waals surface area contributed by atoms with Crippen LogP contribution in [0.15, 0.2) is 0 Å². The van der Waals surface area contributed by atoms with E-state index in [2.05, 4.69) is 12.2 Å². The lowest BCUT2D eigenvalue weighted by Gasteiger charge is -2.35. The molecule has 2 atom stereocenters. The van der Waals surface area contributed by atoms with Gasteiger partial charge in [0.15, 0.2) is 0 Å². The maximum Gasteiger partial charge on any atom is 0.0304 e. The fourth-order valence-electron chi connectivity index (χ4n) is 4.73. The van der Waals surface area contributed by atoms with E-state index in [1.807, 2.05) is 0 Å². The van der Waals surface area contributed by atoms with Crippen molar-refractivity contribution in [2.45, 2.75) is 83.1 Å². The van der Waals surface area contributed by atoms with Crippen LogP contribution in [-0.4, -0.2) is 18.6 Å². The number of nitrogens with one attached hydrogen (secondary N) is 1. The minimum atomic E-state index is 0.268. The highest BCUT2D eigenvalue weighted by Crippen LogP contribution is 2.49. The normalized spacial score (nSPS) is 34.1. The topological polar surface area (TPSA) is 38.0 Å². The monoisotopic (exact) mass is 292 g/mol. The molecule has 3 N–H and O–H groups in total. The molecular formula is C19H36N2. The molecule has 0 aliphatic heterocycles. The molecule has 3 fully saturated rings. The van der Waals surface area contributed by atoms with E-state index in [-0.39, 0.29) is 5.54 Å². The second-order valence-electron chi connectivity index (χ2n) is 8.29. The van der Waals surface area contributed by atoms with Crippen molar-refractivity contribution in [3.05, 3.63) is 0 Å². The maximum atomic E-state index is 6.23. The van der Waals surface area contributed by atoms with Gasteiger partial charge in [-0.3, -0.25) is 0 Å². The van der Waals surface area contributed by atoms with Crippen LogP contribution in [0.4, 0.5) is 0 Å². The SMILES string of the molecule is CCCC1CCCC(CN)(NCC(C2CC2)C2CC2)CC1. The maximum absolute atomic E-state index is 6.23. The second kappa shape index (κ2) is 7.00. The van der Waals surface area contributed by atoms with E-state index in [0.29, 0.717) is 0 Å². The minimum Gasteiger partial charge on any atom is -0.329 e. The molecule has 0 saturated heterocycles. The Kier molecular flexibility index (Phi) is 5.27. The summed E-state index contributed by atoms with van der Waals surface area (Å²) >= 11 is 0. The fraction of sp³-hybridized carbons (Fsp3) is 1.00. The van der Waals surface area contributed by atoms with Gasteiger partial charge < -0.3 is 11.1 Å². The van der Waals surface area contributed by atoms with Crippen LogP contribution < -0.4 is 11.1 Å². The molecule has 3 aliphatic carbocycles. The van der Waals surface area contributed by atoms with Gasteiger partial charge in [-0.05, 0) is 75.2 Å². The van der Waals surface area contributed by atoms with Crippen molar-refractivity contribution < 1.29 is 0 Å². The lowest BCUT2D eigenvalue weighted by atomic mass is 9.87. The molecule has 0 amide bonds. The molecule has 2 heteroatoms. The van der Waals surface area contributed by atoms with Gasteiger partial charge in [0.1, 0.15) is 0 Å². The summed E-state index contributed by atoms with van der Waals surface area (Å²) in [4.78, 5) is 0. The van der Waals surface area contributed by atoms with Crippen molar-refractivity contribution in [1.29, 1.82) is 0 Å². The second-order valence-corrected chi connectivity index (χ2v) is 8.29. The average molecular weight is 293 g/mol. The Labute approximate surface area is 131 Å². The summed E-state index contributed by atoms with van der Waals surface area (Å²) in [5.74, 6) is 4.05. The predicted octanol–water partition coefficient (Wildman–Crippen LogP) is 4.09. The zero-order valence-electron chi connectivity index (χ0n) is 14.1. The molecule has 0 aromatic heterocycles. The first-order valence-electron chi connectivity index (χ1n) is 9.71. The van der Waals surface area contributed by atoms with Crippen LogP contribution in [0.2, 0.25) is 0 Å². The van der Waals surface area contributed by atoms with Gasteiger partial charge in [-0.2, -0.15) is 0 Å². The van der Waals surface area contributed by atoms with E-state index in [1.165, 1.54) is 77.2 Å². The van der Waals surface area contributed by atoms with Crippen LogP contribution in [0, 0.1) is 23.7 Å². The van der Waals surface area contributed by atoms with E-state index in [0.717, 1.165) is 30.2 Å². The molecule has 3 rings (SSSR count). The summed E-state index contributed by atoms with van der Waals surface area (Å²) < 4.78 is 0. The van der Waals surface area contributed by atoms with E-state index in [9.17, 15) is 0 Å². The quantitative estimate of drug-likeness (QED) is 0.661. The third kappa shape index (κ3) is 4.22. The first-order valence-corrected chi connectivity index (χ1v) is 9.71. The van der Waals surface area contributed by atoms with Crippen molar-refractivity contribution >= 4 is 0 Å². The standard InChI is InChI=1S/C19H36N2/c1-2-4-15-5-3-11-19(14-20,12-10-15)21-13-18(16-6-7-16)17-8-9-17/h15-18,21H,2-14,20H2,1H3. The lowest BCUT2D eigenvalue weighted by molar-refractivity contribution is 0.249. The summed E-state index contributed by atoms with van der Waals surface area (Å²) in [7, 11) is 0. The highest BCUT2D eigenvalue weighted by molar-refractivity contribution is 4.97. The summed E-state index contributed by atoms with van der Waals surface area (Å²) in [5, 5.41) is 4.01. The van der Waals surface area contributed by atoms with E-state index >= 15 is 0 Å². The van der Waals surface area contributed by atoms with Gasteiger partial charge in [-0.15, -0.1) is 0 Å². The zero-order chi connectivity index (χ0) is 14.7. The Hall–Kier alpha value is -0.0800. The summed E-state index contributed by atoms with van der Waals surface area (Å²) in [6, 6.07) is 0. The summed E-state index contributed by atoms with van der Waals surface area (Å²) in [6.07, 6.45) is 15.6. The molecule has 2 nitrogen and oxygen atoms in total. The van der Waals surface area contributed by atoms with Crippen LogP contribution in [0.25, 0.3) is 0 Å². The molecule has 21 heavy (non-hydrogen) atoms. The van der Waals surface area contributed by atoms with Crippen molar-refractivity contribution in [2.24, 2.45) is 29.4 Å². The van der Waals surface area contributed by atoms with Gasteiger partial charge in [0, 0.05) is 12.1 Å². The molecule has 0 aromatic rings. The number of hydrogen-bond donors (Lipinski definition) is 2. The minimum absolute atomic E-state index is 0.268. The Morgan fingerprint density at radius 2 is 1.76 bits per heavy atom. The van der Waals surface area contributed by atoms with Gasteiger partial charge in [0.2, 0.25) is 0 Å². The predicted molar refractivity (Wildman–Crippen MR) is 90.2 cm³/mol. The number of hydrogen-bond acceptors (Lipinski definition) is 2. The van der Waals surface area contributed by atoms with E-state index in [4.69, 9.17) is 5.73 Å². The Morgan fingerprint density at radius 3 is 2.33 bits per heavy atom. The van der Waals surface area contributed by atoms with Gasteiger partial charge >= 0.3 is 0 Å². The molecule has 0 radical (unpaired) electrons. The zero-order valence-corrected chi connectivity index (χ0v) is 14.1. The third-order valence-corrected chi connectivity index (χ3v) is 6.55. The Morgan fingerprint density at radius 1 is 1.05 bits per heavy atom. The molecule has 3 saturated carbocycles. The van der Waals surface area contributed by atoms with E-state index < -0.39 is 0 Å². The van der Waals surface area contributed by atoms with Gasteiger partial charge in [0.05, 0.1) is 0 Å². The third-order valence-electron chi connectivity index (χ3n) is 6.55. The molecule has 3 aliphatic rings. The first kappa shape index (κ1) is 15.8. The number of nitrogens with two attached hydrogens (primary N) is 1. The van der Waals surface area contributed by atoms with Gasteiger partial charge in [0.25, 0.3) is 0 Å². The summed E-state index contributed by atoms with van der Waals surface area (Å²) in [5.41, 5.74) is 6.50. The lowest BCUT2D eigenvalue weighted by Crippen LogP contribution is -2.52. The van der Waals surface area contributed by atoms with Crippen molar-refractivity contribution in [3.63, 3.8) is 0 Å². The Balaban J connectivity index is 1.52. The molecule has 0 spiro atoms. The Bertz CT molecular complexity index is 310. The highest BCUT2D eigenvalue weighted by Gasteiger charge is 2.42. The van der Waals surface area contributed by atoms with Crippen LogP contribution in [0.1, 0.15) is 77.6 Å². The van der Waals surface area contributed by atoms with E-state index in [1.54, 1.807) is 0 Å². The number of rotatable bonds is 8. The molecule has 0 heterocycles. The largest absolute Gasteiger partial charge is 0.329 e. The van der Waals surface area contributed by atoms with Crippen molar-refractivity contribution in [2.75, 3.05) is 13.1 Å². The van der Waals surface area contributed by atoms with Gasteiger partial charge in [-0.25, -0.2) is 0 Å².